The molecule has 0 saturated carbocycles. The van der Waals surface area contributed by atoms with Crippen LogP contribution in [0.3, 0.4) is 0 Å². The van der Waals surface area contributed by atoms with Crippen molar-refractivity contribution in [3.8, 4) is 23.0 Å². The normalized spacial score (nSPS) is 17.5. The van der Waals surface area contributed by atoms with Crippen LogP contribution in [0.4, 0.5) is 0 Å². The van der Waals surface area contributed by atoms with Crippen molar-refractivity contribution in [2.24, 2.45) is 5.92 Å². The molecule has 0 bridgehead atoms. The van der Waals surface area contributed by atoms with Crippen LogP contribution in [0, 0.1) is 5.92 Å². The number of rotatable bonds is 4. The fourth-order valence-electron chi connectivity index (χ4n) is 4.12. The molecule has 0 spiro atoms. The SMILES string of the molecule is COc1cc2c(cc1OC)C(C(C)C)N(C(=O)c1ccc3c(c1)OCO3)CC2. The molecule has 0 fully saturated rings. The summed E-state index contributed by atoms with van der Waals surface area (Å²) in [6.07, 6.45) is 0.773. The summed E-state index contributed by atoms with van der Waals surface area (Å²) >= 11 is 0. The minimum atomic E-state index is -0.0403. The molecule has 0 aromatic heterocycles. The number of hydrogen-bond donors (Lipinski definition) is 0. The van der Waals surface area contributed by atoms with Gasteiger partial charge in [0.1, 0.15) is 0 Å². The summed E-state index contributed by atoms with van der Waals surface area (Å²) in [7, 11) is 3.27. The predicted molar refractivity (Wildman–Crippen MR) is 104 cm³/mol. The van der Waals surface area contributed by atoms with Gasteiger partial charge in [-0.2, -0.15) is 0 Å². The van der Waals surface area contributed by atoms with Crippen molar-refractivity contribution in [1.82, 2.24) is 4.90 Å². The fraction of sp³-hybridized carbons (Fsp3) is 0.409. The first-order chi connectivity index (χ1) is 13.5. The van der Waals surface area contributed by atoms with Crippen molar-refractivity contribution in [2.45, 2.75) is 26.3 Å². The van der Waals surface area contributed by atoms with E-state index in [-0.39, 0.29) is 24.7 Å². The van der Waals surface area contributed by atoms with Crippen molar-refractivity contribution in [2.75, 3.05) is 27.6 Å². The molecule has 1 atom stereocenters. The van der Waals surface area contributed by atoms with Crippen LogP contribution in [0.5, 0.6) is 23.0 Å². The standard InChI is InChI=1S/C22H25NO5/c1-13(2)21-16-11-19(26-4)18(25-3)9-14(16)7-8-23(21)22(24)15-5-6-17-20(10-15)28-12-27-17/h5-6,9-11,13,21H,7-8,12H2,1-4H3. The molecule has 0 aliphatic carbocycles. The summed E-state index contributed by atoms with van der Waals surface area (Å²) in [5, 5.41) is 0. The van der Waals surface area contributed by atoms with Crippen LogP contribution in [0.1, 0.15) is 41.4 Å². The molecular formula is C22H25NO5. The van der Waals surface area contributed by atoms with Gasteiger partial charge in [0.15, 0.2) is 23.0 Å². The quantitative estimate of drug-likeness (QED) is 0.803. The Bertz CT molecular complexity index is 908. The third kappa shape index (κ3) is 3.03. The minimum Gasteiger partial charge on any atom is -0.493 e. The number of hydrogen-bond acceptors (Lipinski definition) is 5. The number of methoxy groups -OCH3 is 2. The van der Waals surface area contributed by atoms with Gasteiger partial charge in [0.05, 0.1) is 20.3 Å². The summed E-state index contributed by atoms with van der Waals surface area (Å²) in [5.74, 6) is 2.95. The molecule has 2 aliphatic heterocycles. The van der Waals surface area contributed by atoms with Crippen LogP contribution in [-0.4, -0.2) is 38.4 Å². The lowest BCUT2D eigenvalue weighted by atomic mass is 9.85. The van der Waals surface area contributed by atoms with E-state index in [1.54, 1.807) is 32.4 Å². The van der Waals surface area contributed by atoms with Gasteiger partial charge < -0.3 is 23.8 Å². The number of carbonyl (C=O) groups is 1. The topological polar surface area (TPSA) is 57.2 Å². The van der Waals surface area contributed by atoms with Crippen molar-refractivity contribution in [1.29, 1.82) is 0 Å². The van der Waals surface area contributed by atoms with Gasteiger partial charge in [-0.3, -0.25) is 4.79 Å². The lowest BCUT2D eigenvalue weighted by molar-refractivity contribution is 0.0602. The van der Waals surface area contributed by atoms with E-state index in [1.807, 2.05) is 17.0 Å². The van der Waals surface area contributed by atoms with E-state index in [2.05, 4.69) is 13.8 Å². The number of fused-ring (bicyclic) bond motifs is 2. The van der Waals surface area contributed by atoms with Crippen molar-refractivity contribution < 1.29 is 23.7 Å². The molecule has 4 rings (SSSR count). The highest BCUT2D eigenvalue weighted by molar-refractivity contribution is 5.95. The van der Waals surface area contributed by atoms with Gasteiger partial charge in [-0.05, 0) is 53.8 Å². The van der Waals surface area contributed by atoms with E-state index in [0.29, 0.717) is 29.4 Å². The first-order valence-electron chi connectivity index (χ1n) is 9.49. The zero-order valence-corrected chi connectivity index (χ0v) is 16.7. The highest BCUT2D eigenvalue weighted by Gasteiger charge is 2.35. The number of carbonyl (C=O) groups excluding carboxylic acids is 1. The average Bonchev–Trinajstić information content (AvgIpc) is 3.18. The Morgan fingerprint density at radius 3 is 2.50 bits per heavy atom. The largest absolute Gasteiger partial charge is 0.493 e. The molecule has 0 saturated heterocycles. The monoisotopic (exact) mass is 383 g/mol. The lowest BCUT2D eigenvalue weighted by Crippen LogP contribution is -2.42. The lowest BCUT2D eigenvalue weighted by Gasteiger charge is -2.40. The van der Waals surface area contributed by atoms with E-state index >= 15 is 0 Å². The highest BCUT2D eigenvalue weighted by atomic mass is 16.7. The molecule has 1 unspecified atom stereocenters. The summed E-state index contributed by atoms with van der Waals surface area (Å²) in [5.41, 5.74) is 2.93. The summed E-state index contributed by atoms with van der Waals surface area (Å²) < 4.78 is 21.8. The number of nitrogens with zero attached hydrogens (tertiary/aromatic N) is 1. The molecule has 0 N–H and O–H groups in total. The third-order valence-corrected chi connectivity index (χ3v) is 5.43. The molecule has 1 amide bonds. The van der Waals surface area contributed by atoms with Gasteiger partial charge in [0.2, 0.25) is 6.79 Å². The van der Waals surface area contributed by atoms with Crippen LogP contribution >= 0.6 is 0 Å². The minimum absolute atomic E-state index is 0.00238. The maximum atomic E-state index is 13.4. The third-order valence-electron chi connectivity index (χ3n) is 5.43. The number of benzene rings is 2. The van der Waals surface area contributed by atoms with E-state index in [0.717, 1.165) is 17.7 Å². The summed E-state index contributed by atoms with van der Waals surface area (Å²) in [6.45, 7) is 5.12. The second-order valence-corrected chi connectivity index (χ2v) is 7.41. The molecule has 6 heteroatoms. The second-order valence-electron chi connectivity index (χ2n) is 7.41. The number of amides is 1. The van der Waals surface area contributed by atoms with Crippen molar-refractivity contribution in [3.63, 3.8) is 0 Å². The predicted octanol–water partition coefficient (Wildman–Crippen LogP) is 3.83. The Hall–Kier alpha value is -2.89. The van der Waals surface area contributed by atoms with Gasteiger partial charge in [0, 0.05) is 12.1 Å². The Morgan fingerprint density at radius 2 is 1.79 bits per heavy atom. The summed E-state index contributed by atoms with van der Waals surface area (Å²) in [4.78, 5) is 15.3. The van der Waals surface area contributed by atoms with Crippen LogP contribution in [0.2, 0.25) is 0 Å². The van der Waals surface area contributed by atoms with E-state index in [1.165, 1.54) is 5.56 Å². The molecule has 2 aromatic carbocycles. The van der Waals surface area contributed by atoms with Crippen LogP contribution in [0.15, 0.2) is 30.3 Å². The number of ether oxygens (including phenoxy) is 4. The van der Waals surface area contributed by atoms with E-state index < -0.39 is 0 Å². The molecule has 28 heavy (non-hydrogen) atoms. The van der Waals surface area contributed by atoms with Crippen LogP contribution < -0.4 is 18.9 Å². The first-order valence-corrected chi connectivity index (χ1v) is 9.49. The molecule has 6 nitrogen and oxygen atoms in total. The maximum Gasteiger partial charge on any atom is 0.254 e. The highest BCUT2D eigenvalue weighted by Crippen LogP contribution is 2.42. The Morgan fingerprint density at radius 1 is 1.07 bits per heavy atom. The molecule has 0 radical (unpaired) electrons. The Labute approximate surface area is 165 Å². The van der Waals surface area contributed by atoms with Gasteiger partial charge in [-0.15, -0.1) is 0 Å². The first kappa shape index (κ1) is 18.5. The molecule has 2 aromatic rings. The van der Waals surface area contributed by atoms with Crippen molar-refractivity contribution in [3.05, 3.63) is 47.0 Å². The van der Waals surface area contributed by atoms with Gasteiger partial charge in [0.25, 0.3) is 5.91 Å². The second kappa shape index (κ2) is 7.26. The Balaban J connectivity index is 1.71. The van der Waals surface area contributed by atoms with Crippen LogP contribution in [-0.2, 0) is 6.42 Å². The molecular weight excluding hydrogens is 358 g/mol. The molecule has 2 heterocycles. The zero-order valence-electron chi connectivity index (χ0n) is 16.7. The summed E-state index contributed by atoms with van der Waals surface area (Å²) in [6, 6.07) is 9.38. The van der Waals surface area contributed by atoms with Crippen LogP contribution in [0.25, 0.3) is 0 Å². The fourth-order valence-corrected chi connectivity index (χ4v) is 4.12. The smallest absolute Gasteiger partial charge is 0.254 e. The zero-order chi connectivity index (χ0) is 19.8. The Kier molecular flexibility index (Phi) is 4.79. The van der Waals surface area contributed by atoms with Crippen molar-refractivity contribution >= 4 is 5.91 Å². The maximum absolute atomic E-state index is 13.4. The molecule has 148 valence electrons. The van der Waals surface area contributed by atoms with Gasteiger partial charge in [-0.25, -0.2) is 0 Å². The van der Waals surface area contributed by atoms with Gasteiger partial charge >= 0.3 is 0 Å². The van der Waals surface area contributed by atoms with E-state index in [9.17, 15) is 4.79 Å². The van der Waals surface area contributed by atoms with Gasteiger partial charge in [-0.1, -0.05) is 13.8 Å². The molecule has 2 aliphatic rings. The average molecular weight is 383 g/mol. The van der Waals surface area contributed by atoms with E-state index in [4.69, 9.17) is 18.9 Å².